The highest BCUT2D eigenvalue weighted by atomic mass is 16.5. The zero-order chi connectivity index (χ0) is 16.6. The van der Waals surface area contributed by atoms with Crippen LogP contribution in [0.15, 0.2) is 9.05 Å². The summed E-state index contributed by atoms with van der Waals surface area (Å²) in [7, 11) is 0. The summed E-state index contributed by atoms with van der Waals surface area (Å²) in [5, 5.41) is 7.96. The van der Waals surface area contributed by atoms with Crippen molar-refractivity contribution in [3.63, 3.8) is 0 Å². The van der Waals surface area contributed by atoms with Gasteiger partial charge in [-0.15, -0.1) is 0 Å². The molecule has 1 aliphatic rings. The molecular formula is C16H22N4O3. The Bertz CT molecular complexity index is 686. The Morgan fingerprint density at radius 3 is 2.65 bits per heavy atom. The summed E-state index contributed by atoms with van der Waals surface area (Å²) in [6.45, 7) is 8.81. The van der Waals surface area contributed by atoms with Crippen LogP contribution in [0.5, 0.6) is 0 Å². The number of aromatic nitrogens is 3. The molecule has 23 heavy (non-hydrogen) atoms. The minimum Gasteiger partial charge on any atom is -0.361 e. The van der Waals surface area contributed by atoms with E-state index in [9.17, 15) is 4.79 Å². The van der Waals surface area contributed by atoms with Crippen LogP contribution in [0.3, 0.4) is 0 Å². The summed E-state index contributed by atoms with van der Waals surface area (Å²) in [6.07, 6.45) is 1.92. The largest absolute Gasteiger partial charge is 0.361 e. The maximum atomic E-state index is 12.9. The van der Waals surface area contributed by atoms with Gasteiger partial charge in [-0.3, -0.25) is 4.79 Å². The van der Waals surface area contributed by atoms with E-state index in [2.05, 4.69) is 15.3 Å². The van der Waals surface area contributed by atoms with Gasteiger partial charge in [-0.1, -0.05) is 10.3 Å². The first-order valence-corrected chi connectivity index (χ1v) is 7.99. The SMILES string of the molecule is Cc1nc([C@@H]2CCCN(C(=O)[C@@H](C)c3c(C)noc3C)C2)no1. The molecule has 1 amide bonds. The van der Waals surface area contributed by atoms with Gasteiger partial charge in [0, 0.05) is 31.5 Å². The molecule has 2 atom stereocenters. The summed E-state index contributed by atoms with van der Waals surface area (Å²) in [4.78, 5) is 19.1. The molecule has 1 fully saturated rings. The van der Waals surface area contributed by atoms with Crippen LogP contribution < -0.4 is 0 Å². The Hall–Kier alpha value is -2.18. The van der Waals surface area contributed by atoms with Gasteiger partial charge in [-0.2, -0.15) is 4.98 Å². The van der Waals surface area contributed by atoms with E-state index in [0.29, 0.717) is 24.0 Å². The molecule has 1 aliphatic heterocycles. The van der Waals surface area contributed by atoms with E-state index < -0.39 is 0 Å². The predicted molar refractivity (Wildman–Crippen MR) is 82.0 cm³/mol. The number of aryl methyl sites for hydroxylation is 3. The van der Waals surface area contributed by atoms with Crippen LogP contribution >= 0.6 is 0 Å². The van der Waals surface area contributed by atoms with Gasteiger partial charge in [-0.25, -0.2) is 0 Å². The highest BCUT2D eigenvalue weighted by Crippen LogP contribution is 2.29. The molecule has 0 N–H and O–H groups in total. The van der Waals surface area contributed by atoms with Gasteiger partial charge in [-0.05, 0) is 33.6 Å². The smallest absolute Gasteiger partial charge is 0.230 e. The average molecular weight is 318 g/mol. The maximum absolute atomic E-state index is 12.9. The molecule has 0 bridgehead atoms. The molecule has 0 saturated carbocycles. The fourth-order valence-electron chi connectivity index (χ4n) is 3.37. The molecule has 7 heteroatoms. The van der Waals surface area contributed by atoms with Crippen LogP contribution in [0.25, 0.3) is 0 Å². The van der Waals surface area contributed by atoms with E-state index in [1.807, 2.05) is 25.7 Å². The third-order valence-corrected chi connectivity index (χ3v) is 4.53. The van der Waals surface area contributed by atoms with Crippen molar-refractivity contribution in [1.29, 1.82) is 0 Å². The zero-order valence-electron chi connectivity index (χ0n) is 14.0. The van der Waals surface area contributed by atoms with E-state index in [1.54, 1.807) is 6.92 Å². The van der Waals surface area contributed by atoms with Crippen molar-refractivity contribution in [2.24, 2.45) is 0 Å². The van der Waals surface area contributed by atoms with E-state index in [4.69, 9.17) is 9.05 Å². The van der Waals surface area contributed by atoms with Crippen LogP contribution in [-0.2, 0) is 4.79 Å². The molecule has 0 aliphatic carbocycles. The topological polar surface area (TPSA) is 85.3 Å². The van der Waals surface area contributed by atoms with Crippen LogP contribution in [0, 0.1) is 20.8 Å². The van der Waals surface area contributed by atoms with Crippen molar-refractivity contribution >= 4 is 5.91 Å². The number of hydrogen-bond donors (Lipinski definition) is 0. The molecule has 3 rings (SSSR count). The van der Waals surface area contributed by atoms with Gasteiger partial charge in [0.1, 0.15) is 5.76 Å². The van der Waals surface area contributed by atoms with Crippen molar-refractivity contribution in [1.82, 2.24) is 20.2 Å². The summed E-state index contributed by atoms with van der Waals surface area (Å²) in [6, 6.07) is 0. The number of amides is 1. The van der Waals surface area contributed by atoms with E-state index >= 15 is 0 Å². The highest BCUT2D eigenvalue weighted by molar-refractivity contribution is 5.84. The third-order valence-electron chi connectivity index (χ3n) is 4.53. The lowest BCUT2D eigenvalue weighted by Crippen LogP contribution is -2.41. The molecule has 2 aromatic heterocycles. The number of piperidine rings is 1. The first-order chi connectivity index (χ1) is 11.0. The molecule has 0 radical (unpaired) electrons. The molecule has 1 saturated heterocycles. The van der Waals surface area contributed by atoms with Gasteiger partial charge in [0.25, 0.3) is 0 Å². The minimum absolute atomic E-state index is 0.101. The van der Waals surface area contributed by atoms with Crippen molar-refractivity contribution in [2.45, 2.75) is 52.4 Å². The number of carbonyl (C=O) groups excluding carboxylic acids is 1. The van der Waals surface area contributed by atoms with Gasteiger partial charge in [0.05, 0.1) is 11.6 Å². The molecule has 0 spiro atoms. The number of rotatable bonds is 3. The monoisotopic (exact) mass is 318 g/mol. The first-order valence-electron chi connectivity index (χ1n) is 7.99. The van der Waals surface area contributed by atoms with Gasteiger partial charge >= 0.3 is 0 Å². The molecule has 0 unspecified atom stereocenters. The standard InChI is InChI=1S/C16H22N4O3/c1-9(14-10(2)18-22-11(14)3)16(21)20-7-5-6-13(8-20)15-17-12(4)23-19-15/h9,13H,5-8H2,1-4H3/t9-,13+/m0/s1. The lowest BCUT2D eigenvalue weighted by Gasteiger charge is -2.33. The number of likely N-dealkylation sites (tertiary alicyclic amines) is 1. The Morgan fingerprint density at radius 1 is 1.26 bits per heavy atom. The molecule has 0 aromatic carbocycles. The zero-order valence-corrected chi connectivity index (χ0v) is 14.0. The van der Waals surface area contributed by atoms with E-state index in [1.165, 1.54) is 0 Å². The van der Waals surface area contributed by atoms with E-state index in [-0.39, 0.29) is 17.7 Å². The van der Waals surface area contributed by atoms with Gasteiger partial charge in [0.15, 0.2) is 5.82 Å². The number of hydrogen-bond acceptors (Lipinski definition) is 6. The van der Waals surface area contributed by atoms with Crippen LogP contribution in [0.1, 0.15) is 60.3 Å². The van der Waals surface area contributed by atoms with Crippen LogP contribution in [0.4, 0.5) is 0 Å². The van der Waals surface area contributed by atoms with Crippen molar-refractivity contribution in [2.75, 3.05) is 13.1 Å². The molecule has 2 aromatic rings. The maximum Gasteiger partial charge on any atom is 0.230 e. The van der Waals surface area contributed by atoms with Crippen LogP contribution in [-0.4, -0.2) is 39.2 Å². The second-order valence-corrected chi connectivity index (χ2v) is 6.25. The summed E-state index contributed by atoms with van der Waals surface area (Å²) < 4.78 is 10.3. The van der Waals surface area contributed by atoms with Crippen LogP contribution in [0.2, 0.25) is 0 Å². The number of carbonyl (C=O) groups is 1. The molecule has 3 heterocycles. The van der Waals surface area contributed by atoms with Gasteiger partial charge in [0.2, 0.25) is 11.8 Å². The van der Waals surface area contributed by atoms with Crippen molar-refractivity contribution < 1.29 is 13.8 Å². The fourth-order valence-corrected chi connectivity index (χ4v) is 3.37. The Labute approximate surface area is 135 Å². The third kappa shape index (κ3) is 3.00. The summed E-state index contributed by atoms with van der Waals surface area (Å²) in [5.41, 5.74) is 1.68. The van der Waals surface area contributed by atoms with Crippen molar-refractivity contribution in [3.05, 3.63) is 28.7 Å². The van der Waals surface area contributed by atoms with Crippen molar-refractivity contribution in [3.8, 4) is 0 Å². The second kappa shape index (κ2) is 6.14. The summed E-state index contributed by atoms with van der Waals surface area (Å²) >= 11 is 0. The molecular weight excluding hydrogens is 296 g/mol. The van der Waals surface area contributed by atoms with Gasteiger partial charge < -0.3 is 13.9 Å². The Kier molecular flexibility index (Phi) is 4.19. The fraction of sp³-hybridized carbons (Fsp3) is 0.625. The normalized spacial score (nSPS) is 19.8. The Balaban J connectivity index is 1.74. The summed E-state index contributed by atoms with van der Waals surface area (Å²) in [5.74, 6) is 1.96. The predicted octanol–water partition coefficient (Wildman–Crippen LogP) is 2.49. The lowest BCUT2D eigenvalue weighted by atomic mass is 9.93. The molecule has 124 valence electrons. The average Bonchev–Trinajstić information content (AvgIpc) is 3.12. The highest BCUT2D eigenvalue weighted by Gasteiger charge is 2.32. The first kappa shape index (κ1) is 15.7. The quantitative estimate of drug-likeness (QED) is 0.864. The minimum atomic E-state index is -0.257. The Morgan fingerprint density at radius 2 is 2.04 bits per heavy atom. The lowest BCUT2D eigenvalue weighted by molar-refractivity contribution is -0.133. The second-order valence-electron chi connectivity index (χ2n) is 6.25. The molecule has 7 nitrogen and oxygen atoms in total. The van der Waals surface area contributed by atoms with E-state index in [0.717, 1.165) is 30.6 Å². The number of nitrogens with zero attached hydrogens (tertiary/aromatic N) is 4.